The SMILES string of the molecule is Cc1ccccc1Cn1[nH]c(C2CCCC2)c(Br)c1=O. The number of benzene rings is 1. The summed E-state index contributed by atoms with van der Waals surface area (Å²) in [4.78, 5) is 12.3. The van der Waals surface area contributed by atoms with Gasteiger partial charge in [-0.15, -0.1) is 0 Å². The number of aromatic nitrogens is 2. The smallest absolute Gasteiger partial charge is 0.281 e. The second kappa shape index (κ2) is 5.60. The lowest BCUT2D eigenvalue weighted by atomic mass is 10.1. The van der Waals surface area contributed by atoms with Crippen molar-refractivity contribution in [1.29, 1.82) is 0 Å². The van der Waals surface area contributed by atoms with Crippen molar-refractivity contribution in [3.63, 3.8) is 0 Å². The molecule has 1 fully saturated rings. The van der Waals surface area contributed by atoms with E-state index in [2.05, 4.69) is 40.1 Å². The largest absolute Gasteiger partial charge is 0.298 e. The molecule has 4 heteroatoms. The number of halogens is 1. The van der Waals surface area contributed by atoms with Crippen LogP contribution in [0.5, 0.6) is 0 Å². The van der Waals surface area contributed by atoms with Crippen LogP contribution in [0.25, 0.3) is 0 Å². The first-order valence-electron chi connectivity index (χ1n) is 7.19. The van der Waals surface area contributed by atoms with Gasteiger partial charge in [0.05, 0.1) is 12.2 Å². The van der Waals surface area contributed by atoms with Crippen molar-refractivity contribution in [3.05, 3.63) is 55.9 Å². The second-order valence-corrected chi connectivity index (χ2v) is 6.43. The normalized spacial score (nSPS) is 15.9. The molecule has 1 aromatic heterocycles. The van der Waals surface area contributed by atoms with Crippen LogP contribution < -0.4 is 5.56 Å². The van der Waals surface area contributed by atoms with Crippen LogP contribution in [0, 0.1) is 6.92 Å². The summed E-state index contributed by atoms with van der Waals surface area (Å²) < 4.78 is 2.44. The molecule has 1 N–H and O–H groups in total. The molecule has 1 saturated carbocycles. The minimum absolute atomic E-state index is 0.0511. The van der Waals surface area contributed by atoms with Gasteiger partial charge >= 0.3 is 0 Å². The molecular weight excluding hydrogens is 316 g/mol. The Labute approximate surface area is 127 Å². The lowest BCUT2D eigenvalue weighted by Gasteiger charge is -2.08. The van der Waals surface area contributed by atoms with Gasteiger partial charge in [-0.25, -0.2) is 4.68 Å². The highest BCUT2D eigenvalue weighted by atomic mass is 79.9. The van der Waals surface area contributed by atoms with Crippen LogP contribution in [0.15, 0.2) is 33.5 Å². The van der Waals surface area contributed by atoms with Crippen molar-refractivity contribution in [3.8, 4) is 0 Å². The minimum Gasteiger partial charge on any atom is -0.298 e. The van der Waals surface area contributed by atoms with E-state index >= 15 is 0 Å². The zero-order valence-electron chi connectivity index (χ0n) is 11.7. The summed E-state index contributed by atoms with van der Waals surface area (Å²) in [6, 6.07) is 8.20. The van der Waals surface area contributed by atoms with E-state index in [1.807, 2.05) is 12.1 Å². The summed E-state index contributed by atoms with van der Waals surface area (Å²) in [5.74, 6) is 0.509. The lowest BCUT2D eigenvalue weighted by molar-refractivity contribution is 0.617. The van der Waals surface area contributed by atoms with Crippen molar-refractivity contribution in [1.82, 2.24) is 9.78 Å². The third kappa shape index (κ3) is 2.49. The van der Waals surface area contributed by atoms with E-state index in [-0.39, 0.29) is 5.56 Å². The van der Waals surface area contributed by atoms with Crippen LogP contribution in [-0.4, -0.2) is 9.78 Å². The van der Waals surface area contributed by atoms with Crippen molar-refractivity contribution in [2.45, 2.75) is 45.1 Å². The first kappa shape index (κ1) is 13.7. The average Bonchev–Trinajstić information content (AvgIpc) is 3.05. The number of rotatable bonds is 3. The maximum Gasteiger partial charge on any atom is 0.281 e. The van der Waals surface area contributed by atoms with Crippen LogP contribution in [0.3, 0.4) is 0 Å². The molecular formula is C16H19BrN2O. The van der Waals surface area contributed by atoms with Crippen molar-refractivity contribution in [2.75, 3.05) is 0 Å². The first-order chi connectivity index (χ1) is 9.66. The summed E-state index contributed by atoms with van der Waals surface area (Å²) in [5, 5.41) is 3.32. The zero-order chi connectivity index (χ0) is 14.1. The number of hydrogen-bond donors (Lipinski definition) is 1. The number of nitrogens with one attached hydrogen (secondary N) is 1. The van der Waals surface area contributed by atoms with Gasteiger partial charge in [0.15, 0.2) is 0 Å². The summed E-state index contributed by atoms with van der Waals surface area (Å²) in [6.07, 6.45) is 4.90. The van der Waals surface area contributed by atoms with E-state index in [0.29, 0.717) is 12.5 Å². The summed E-state index contributed by atoms with van der Waals surface area (Å²) in [5.41, 5.74) is 3.53. The maximum absolute atomic E-state index is 12.3. The topological polar surface area (TPSA) is 37.8 Å². The molecule has 0 atom stereocenters. The van der Waals surface area contributed by atoms with E-state index in [1.54, 1.807) is 4.68 Å². The number of aryl methyl sites for hydroxylation is 1. The first-order valence-corrected chi connectivity index (χ1v) is 7.99. The molecule has 0 radical (unpaired) electrons. The third-order valence-corrected chi connectivity index (χ3v) is 5.04. The Bertz CT molecular complexity index is 665. The fourth-order valence-electron chi connectivity index (χ4n) is 3.03. The van der Waals surface area contributed by atoms with Gasteiger partial charge in [-0.2, -0.15) is 0 Å². The van der Waals surface area contributed by atoms with Gasteiger partial charge in [0.1, 0.15) is 4.47 Å². The molecule has 1 heterocycles. The van der Waals surface area contributed by atoms with Crippen LogP contribution in [0.2, 0.25) is 0 Å². The summed E-state index contributed by atoms with van der Waals surface area (Å²) in [6.45, 7) is 2.69. The molecule has 1 aliphatic rings. The number of hydrogen-bond acceptors (Lipinski definition) is 1. The van der Waals surface area contributed by atoms with Crippen molar-refractivity contribution in [2.24, 2.45) is 0 Å². The number of nitrogens with zero attached hydrogens (tertiary/aromatic N) is 1. The molecule has 0 amide bonds. The molecule has 0 saturated heterocycles. The summed E-state index contributed by atoms with van der Waals surface area (Å²) >= 11 is 3.48. The average molecular weight is 335 g/mol. The van der Waals surface area contributed by atoms with E-state index in [9.17, 15) is 4.79 Å². The molecule has 1 aromatic carbocycles. The Hall–Kier alpha value is -1.29. The highest BCUT2D eigenvalue weighted by Crippen LogP contribution is 2.35. The van der Waals surface area contributed by atoms with Crippen LogP contribution >= 0.6 is 15.9 Å². The Kier molecular flexibility index (Phi) is 3.83. The highest BCUT2D eigenvalue weighted by Gasteiger charge is 2.23. The fraction of sp³-hybridized carbons (Fsp3) is 0.438. The predicted molar refractivity (Wildman–Crippen MR) is 84.2 cm³/mol. The fourth-order valence-corrected chi connectivity index (χ4v) is 3.66. The molecule has 0 bridgehead atoms. The number of aromatic amines is 1. The van der Waals surface area contributed by atoms with Gasteiger partial charge < -0.3 is 0 Å². The quantitative estimate of drug-likeness (QED) is 0.906. The van der Waals surface area contributed by atoms with E-state index in [1.165, 1.54) is 36.8 Å². The second-order valence-electron chi connectivity index (χ2n) is 5.64. The molecule has 0 spiro atoms. The standard InChI is InChI=1S/C16H19BrN2O/c1-11-6-2-3-9-13(11)10-19-16(20)14(17)15(18-19)12-7-4-5-8-12/h2-3,6,9,12,18H,4-5,7-8,10H2,1H3. The Balaban J connectivity index is 1.93. The Morgan fingerprint density at radius 3 is 2.70 bits per heavy atom. The third-order valence-electron chi connectivity index (χ3n) is 4.28. The van der Waals surface area contributed by atoms with E-state index in [0.717, 1.165) is 10.2 Å². The van der Waals surface area contributed by atoms with Gasteiger partial charge in [-0.3, -0.25) is 9.89 Å². The van der Waals surface area contributed by atoms with Gasteiger partial charge in [0.25, 0.3) is 5.56 Å². The minimum atomic E-state index is 0.0511. The predicted octanol–water partition coefficient (Wildman–Crippen LogP) is 3.95. The number of H-pyrrole nitrogens is 1. The van der Waals surface area contributed by atoms with Crippen molar-refractivity contribution >= 4 is 15.9 Å². The lowest BCUT2D eigenvalue weighted by Crippen LogP contribution is -2.18. The Morgan fingerprint density at radius 1 is 1.30 bits per heavy atom. The molecule has 0 aliphatic heterocycles. The van der Waals surface area contributed by atoms with Gasteiger partial charge in [0, 0.05) is 5.92 Å². The summed E-state index contributed by atoms with van der Waals surface area (Å²) in [7, 11) is 0. The molecule has 0 unspecified atom stereocenters. The monoisotopic (exact) mass is 334 g/mol. The molecule has 2 aromatic rings. The highest BCUT2D eigenvalue weighted by molar-refractivity contribution is 9.10. The van der Waals surface area contributed by atoms with Crippen LogP contribution in [0.4, 0.5) is 0 Å². The van der Waals surface area contributed by atoms with Crippen LogP contribution in [-0.2, 0) is 6.54 Å². The van der Waals surface area contributed by atoms with E-state index < -0.39 is 0 Å². The van der Waals surface area contributed by atoms with Gasteiger partial charge in [-0.1, -0.05) is 37.1 Å². The van der Waals surface area contributed by atoms with Crippen molar-refractivity contribution < 1.29 is 0 Å². The van der Waals surface area contributed by atoms with Gasteiger partial charge in [-0.05, 0) is 46.8 Å². The van der Waals surface area contributed by atoms with Crippen LogP contribution in [0.1, 0.15) is 48.4 Å². The molecule has 3 rings (SSSR count). The van der Waals surface area contributed by atoms with Gasteiger partial charge in [0.2, 0.25) is 0 Å². The molecule has 3 nitrogen and oxygen atoms in total. The maximum atomic E-state index is 12.3. The molecule has 20 heavy (non-hydrogen) atoms. The molecule has 106 valence electrons. The zero-order valence-corrected chi connectivity index (χ0v) is 13.2. The van der Waals surface area contributed by atoms with E-state index in [4.69, 9.17) is 0 Å². The Morgan fingerprint density at radius 2 is 2.00 bits per heavy atom. The molecule has 1 aliphatic carbocycles.